The van der Waals surface area contributed by atoms with E-state index in [1.807, 2.05) is 0 Å². The third-order valence-corrected chi connectivity index (χ3v) is 7.07. The summed E-state index contributed by atoms with van der Waals surface area (Å²) in [6.07, 6.45) is -1.86. The molecule has 0 saturated heterocycles. The zero-order chi connectivity index (χ0) is 28.3. The maximum Gasteiger partial charge on any atom is 0.174 e. The number of aromatic hydroxyl groups is 6. The Labute approximate surface area is 226 Å². The van der Waals surface area contributed by atoms with Gasteiger partial charge in [-0.25, -0.2) is 0 Å². The second-order valence-electron chi connectivity index (χ2n) is 9.67. The van der Waals surface area contributed by atoms with Gasteiger partial charge in [-0.3, -0.25) is 9.59 Å². The second-order valence-corrected chi connectivity index (χ2v) is 9.67. The Morgan fingerprint density at radius 2 is 1.12 bits per heavy atom. The van der Waals surface area contributed by atoms with Crippen molar-refractivity contribution in [2.45, 2.75) is 25.0 Å². The number of ketones is 2. The van der Waals surface area contributed by atoms with Gasteiger partial charge in [0.2, 0.25) is 0 Å². The highest BCUT2D eigenvalue weighted by molar-refractivity contribution is 6.06. The standard InChI is InChI=1S/C30H22O10/c31-15-4-1-13(2-5-15)23-11-22(37)29-26(39-23)12-20(35)27(30(29)38)17-7-14(3-6-18(17)33)24-10-21(36)28-19(34)8-16(32)9-25(28)40-24/h1-9,12,23-24,31-35,38H,10-11H2. The lowest BCUT2D eigenvalue weighted by Crippen LogP contribution is -2.21. The fraction of sp³-hybridized carbons (Fsp3) is 0.133. The monoisotopic (exact) mass is 542 g/mol. The van der Waals surface area contributed by atoms with Crippen LogP contribution >= 0.6 is 0 Å². The zero-order valence-electron chi connectivity index (χ0n) is 20.7. The largest absolute Gasteiger partial charge is 0.508 e. The van der Waals surface area contributed by atoms with Gasteiger partial charge >= 0.3 is 0 Å². The minimum atomic E-state index is -0.876. The second kappa shape index (κ2) is 9.12. The SMILES string of the molecule is O=C1CC(c2ccc(O)c(-c3c(O)cc4c(c3O)C(=O)CC(c3ccc(O)cc3)O4)c2)Oc2cc(O)cc(O)c21. The van der Waals surface area contributed by atoms with Crippen molar-refractivity contribution in [3.63, 3.8) is 0 Å². The van der Waals surface area contributed by atoms with E-state index in [0.29, 0.717) is 11.1 Å². The molecule has 2 unspecified atom stereocenters. The van der Waals surface area contributed by atoms with E-state index in [-0.39, 0.29) is 63.8 Å². The number of phenols is 6. The lowest BCUT2D eigenvalue weighted by atomic mass is 9.89. The number of hydrogen-bond donors (Lipinski definition) is 6. The summed E-state index contributed by atoms with van der Waals surface area (Å²) >= 11 is 0. The van der Waals surface area contributed by atoms with E-state index in [9.17, 15) is 40.2 Å². The Bertz CT molecular complexity index is 1710. The predicted octanol–water partition coefficient (Wildman–Crippen LogP) is 5.00. The number of fused-ring (bicyclic) bond motifs is 2. The normalized spacial score (nSPS) is 17.9. The molecule has 202 valence electrons. The maximum atomic E-state index is 13.1. The van der Waals surface area contributed by atoms with Crippen LogP contribution in [0.1, 0.15) is 56.9 Å². The summed E-state index contributed by atoms with van der Waals surface area (Å²) < 4.78 is 11.8. The Balaban J connectivity index is 1.38. The van der Waals surface area contributed by atoms with Crippen molar-refractivity contribution in [3.05, 3.63) is 82.9 Å². The van der Waals surface area contributed by atoms with Crippen LogP contribution in [0, 0.1) is 0 Å². The summed E-state index contributed by atoms with van der Waals surface area (Å²) in [5.74, 6) is -2.96. The van der Waals surface area contributed by atoms with Gasteiger partial charge in [-0.2, -0.15) is 0 Å². The van der Waals surface area contributed by atoms with Crippen molar-refractivity contribution in [1.82, 2.24) is 0 Å². The van der Waals surface area contributed by atoms with Crippen LogP contribution in [0.25, 0.3) is 11.1 Å². The molecule has 0 radical (unpaired) electrons. The van der Waals surface area contributed by atoms with Crippen molar-refractivity contribution >= 4 is 11.6 Å². The smallest absolute Gasteiger partial charge is 0.174 e. The molecule has 40 heavy (non-hydrogen) atoms. The summed E-state index contributed by atoms with van der Waals surface area (Å²) in [4.78, 5) is 25.9. The minimum Gasteiger partial charge on any atom is -0.508 e. The number of Topliss-reactive ketones (excluding diaryl/α,β-unsaturated/α-hetero) is 2. The van der Waals surface area contributed by atoms with Crippen molar-refractivity contribution in [1.29, 1.82) is 0 Å². The quantitative estimate of drug-likeness (QED) is 0.207. The van der Waals surface area contributed by atoms with Crippen LogP contribution in [0.5, 0.6) is 46.0 Å². The van der Waals surface area contributed by atoms with Gasteiger partial charge in [0.1, 0.15) is 69.3 Å². The maximum absolute atomic E-state index is 13.1. The Hall–Kier alpha value is -5.38. The number of benzene rings is 4. The molecule has 2 atom stereocenters. The first kappa shape index (κ1) is 24.9. The highest BCUT2D eigenvalue weighted by Gasteiger charge is 2.35. The van der Waals surface area contributed by atoms with Crippen LogP contribution in [0.4, 0.5) is 0 Å². The fourth-order valence-electron chi connectivity index (χ4n) is 5.16. The van der Waals surface area contributed by atoms with E-state index in [1.54, 1.807) is 12.1 Å². The molecule has 10 heteroatoms. The van der Waals surface area contributed by atoms with Gasteiger partial charge in [0.05, 0.1) is 18.4 Å². The van der Waals surface area contributed by atoms with Crippen molar-refractivity contribution < 1.29 is 49.7 Å². The number of carbonyl (C=O) groups is 2. The van der Waals surface area contributed by atoms with E-state index in [1.165, 1.54) is 42.5 Å². The first-order valence-corrected chi connectivity index (χ1v) is 12.3. The van der Waals surface area contributed by atoms with Crippen LogP contribution < -0.4 is 9.47 Å². The summed E-state index contributed by atoms with van der Waals surface area (Å²) in [5.41, 5.74) is 0.565. The first-order chi connectivity index (χ1) is 19.1. The molecule has 2 aliphatic heterocycles. The average molecular weight is 542 g/mol. The van der Waals surface area contributed by atoms with Crippen molar-refractivity contribution in [2.75, 3.05) is 0 Å². The lowest BCUT2D eigenvalue weighted by Gasteiger charge is -2.28. The zero-order valence-corrected chi connectivity index (χ0v) is 20.7. The Kier molecular flexibility index (Phi) is 5.69. The van der Waals surface area contributed by atoms with Gasteiger partial charge in [-0.1, -0.05) is 18.2 Å². The van der Waals surface area contributed by atoms with Gasteiger partial charge in [-0.15, -0.1) is 0 Å². The highest BCUT2D eigenvalue weighted by Crippen LogP contribution is 2.51. The molecule has 0 fully saturated rings. The summed E-state index contributed by atoms with van der Waals surface area (Å²) in [5, 5.41) is 62.2. The average Bonchev–Trinajstić information content (AvgIpc) is 2.89. The number of hydrogen-bond acceptors (Lipinski definition) is 10. The molecular weight excluding hydrogens is 520 g/mol. The first-order valence-electron chi connectivity index (χ1n) is 12.3. The fourth-order valence-corrected chi connectivity index (χ4v) is 5.16. The molecule has 2 heterocycles. The van der Waals surface area contributed by atoms with Gasteiger partial charge in [0.25, 0.3) is 0 Å². The van der Waals surface area contributed by atoms with E-state index < -0.39 is 41.0 Å². The third-order valence-electron chi connectivity index (χ3n) is 7.07. The molecule has 4 aromatic carbocycles. The molecular formula is C30H22O10. The Morgan fingerprint density at radius 3 is 1.82 bits per heavy atom. The van der Waals surface area contributed by atoms with E-state index in [4.69, 9.17) is 9.47 Å². The van der Waals surface area contributed by atoms with E-state index in [0.717, 1.165) is 6.07 Å². The van der Waals surface area contributed by atoms with Gasteiger partial charge in [0, 0.05) is 23.8 Å². The molecule has 6 N–H and O–H groups in total. The molecule has 10 nitrogen and oxygen atoms in total. The Morgan fingerprint density at radius 1 is 0.550 bits per heavy atom. The topological polar surface area (TPSA) is 174 Å². The lowest BCUT2D eigenvalue weighted by molar-refractivity contribution is 0.0834. The van der Waals surface area contributed by atoms with Crippen LogP contribution in [-0.2, 0) is 0 Å². The molecule has 0 aliphatic carbocycles. The number of phenolic OH excluding ortho intramolecular Hbond substituents is 6. The van der Waals surface area contributed by atoms with Crippen LogP contribution in [0.2, 0.25) is 0 Å². The molecule has 2 aliphatic rings. The van der Waals surface area contributed by atoms with E-state index >= 15 is 0 Å². The molecule has 0 amide bonds. The molecule has 0 aromatic heterocycles. The van der Waals surface area contributed by atoms with Crippen molar-refractivity contribution in [3.8, 4) is 57.1 Å². The number of ether oxygens (including phenoxy) is 2. The minimum absolute atomic E-state index is 0.0150. The molecule has 0 spiro atoms. The molecule has 6 rings (SSSR count). The molecule has 4 aromatic rings. The van der Waals surface area contributed by atoms with Gasteiger partial charge in [0.15, 0.2) is 11.6 Å². The summed E-state index contributed by atoms with van der Waals surface area (Å²) in [6.45, 7) is 0. The van der Waals surface area contributed by atoms with Crippen LogP contribution in [-0.4, -0.2) is 42.2 Å². The highest BCUT2D eigenvalue weighted by atomic mass is 16.5. The van der Waals surface area contributed by atoms with Crippen LogP contribution in [0.3, 0.4) is 0 Å². The number of carbonyl (C=O) groups excluding carboxylic acids is 2. The summed E-state index contributed by atoms with van der Waals surface area (Å²) in [6, 6.07) is 13.8. The third kappa shape index (κ3) is 4.06. The summed E-state index contributed by atoms with van der Waals surface area (Å²) in [7, 11) is 0. The van der Waals surface area contributed by atoms with Crippen molar-refractivity contribution in [2.24, 2.45) is 0 Å². The van der Waals surface area contributed by atoms with Gasteiger partial charge in [-0.05, 0) is 35.4 Å². The van der Waals surface area contributed by atoms with E-state index in [2.05, 4.69) is 0 Å². The molecule has 0 saturated carbocycles. The van der Waals surface area contributed by atoms with Crippen LogP contribution in [0.15, 0.2) is 60.7 Å². The number of rotatable bonds is 3. The van der Waals surface area contributed by atoms with Gasteiger partial charge < -0.3 is 40.1 Å². The predicted molar refractivity (Wildman–Crippen MR) is 139 cm³/mol. The molecule has 0 bridgehead atoms.